The Morgan fingerprint density at radius 2 is 1.84 bits per heavy atom. The summed E-state index contributed by atoms with van der Waals surface area (Å²) in [4.78, 5) is 26.5. The third-order valence-electron chi connectivity index (χ3n) is 3.18. The molecule has 1 aliphatic rings. The molecule has 2 amide bonds. The van der Waals surface area contributed by atoms with Crippen molar-refractivity contribution in [2.75, 3.05) is 25.4 Å². The van der Waals surface area contributed by atoms with Gasteiger partial charge in [-0.3, -0.25) is 9.59 Å². The van der Waals surface area contributed by atoms with Crippen LogP contribution in [0, 0.1) is 5.82 Å². The first-order valence-electron chi connectivity index (χ1n) is 6.10. The Labute approximate surface area is 110 Å². The van der Waals surface area contributed by atoms with Crippen molar-refractivity contribution in [3.8, 4) is 0 Å². The van der Waals surface area contributed by atoms with E-state index in [1.165, 1.54) is 21.9 Å². The molecule has 2 rings (SSSR count). The molecular formula is C13H16FN3O2. The number of piperazine rings is 1. The van der Waals surface area contributed by atoms with Gasteiger partial charge in [0.05, 0.1) is 12.2 Å². The molecule has 1 aromatic rings. The van der Waals surface area contributed by atoms with E-state index in [0.29, 0.717) is 12.1 Å². The average Bonchev–Trinajstić information content (AvgIpc) is 2.38. The second-order valence-electron chi connectivity index (χ2n) is 4.51. The second kappa shape index (κ2) is 5.26. The number of amides is 2. The largest absolute Gasteiger partial charge is 0.396 e. The number of anilines is 1. The molecular weight excluding hydrogens is 249 g/mol. The van der Waals surface area contributed by atoms with Crippen LogP contribution in [0.4, 0.5) is 10.1 Å². The van der Waals surface area contributed by atoms with Gasteiger partial charge in [0.25, 0.3) is 0 Å². The van der Waals surface area contributed by atoms with Crippen molar-refractivity contribution in [1.82, 2.24) is 9.80 Å². The molecule has 0 bridgehead atoms. The number of hydrogen-bond acceptors (Lipinski definition) is 3. The zero-order valence-corrected chi connectivity index (χ0v) is 10.7. The van der Waals surface area contributed by atoms with Gasteiger partial charge in [0.2, 0.25) is 11.8 Å². The van der Waals surface area contributed by atoms with Crippen LogP contribution in [0.15, 0.2) is 18.2 Å². The van der Waals surface area contributed by atoms with Crippen LogP contribution in [0.3, 0.4) is 0 Å². The van der Waals surface area contributed by atoms with E-state index in [1.807, 2.05) is 6.92 Å². The lowest BCUT2D eigenvalue weighted by atomic mass is 10.1. The van der Waals surface area contributed by atoms with Gasteiger partial charge in [-0.25, -0.2) is 4.39 Å². The Morgan fingerprint density at radius 1 is 1.21 bits per heavy atom. The lowest BCUT2D eigenvalue weighted by molar-refractivity contribution is -0.150. The predicted octanol–water partition coefficient (Wildman–Crippen LogP) is 0.599. The highest BCUT2D eigenvalue weighted by Gasteiger charge is 2.28. The number of rotatable bonds is 3. The van der Waals surface area contributed by atoms with Gasteiger partial charge in [0, 0.05) is 13.1 Å². The maximum absolute atomic E-state index is 13.3. The van der Waals surface area contributed by atoms with E-state index in [-0.39, 0.29) is 37.1 Å². The van der Waals surface area contributed by atoms with Crippen LogP contribution >= 0.6 is 0 Å². The van der Waals surface area contributed by atoms with Gasteiger partial charge in [-0.2, -0.15) is 0 Å². The number of likely N-dealkylation sites (N-methyl/N-ethyl adjacent to an activating group) is 1. The van der Waals surface area contributed by atoms with E-state index in [9.17, 15) is 14.0 Å². The molecule has 6 heteroatoms. The SMILES string of the molecule is CCN1CC(=O)N(Cc2ccc(N)c(F)c2)CC1=O. The van der Waals surface area contributed by atoms with E-state index < -0.39 is 5.82 Å². The van der Waals surface area contributed by atoms with Crippen molar-refractivity contribution in [3.05, 3.63) is 29.6 Å². The highest BCUT2D eigenvalue weighted by atomic mass is 19.1. The summed E-state index contributed by atoms with van der Waals surface area (Å²) < 4.78 is 13.3. The minimum absolute atomic E-state index is 0.0403. The normalized spacial score (nSPS) is 16.1. The summed E-state index contributed by atoms with van der Waals surface area (Å²) >= 11 is 0. The number of nitrogens with two attached hydrogens (primary N) is 1. The van der Waals surface area contributed by atoms with Crippen LogP contribution in [0.2, 0.25) is 0 Å². The van der Waals surface area contributed by atoms with Crippen LogP contribution in [0.25, 0.3) is 0 Å². The van der Waals surface area contributed by atoms with Crippen molar-refractivity contribution < 1.29 is 14.0 Å². The van der Waals surface area contributed by atoms with Gasteiger partial charge in [-0.05, 0) is 24.6 Å². The van der Waals surface area contributed by atoms with Crippen molar-refractivity contribution >= 4 is 17.5 Å². The number of benzene rings is 1. The molecule has 1 fully saturated rings. The van der Waals surface area contributed by atoms with Crippen molar-refractivity contribution in [2.45, 2.75) is 13.5 Å². The topological polar surface area (TPSA) is 66.6 Å². The molecule has 2 N–H and O–H groups in total. The molecule has 0 spiro atoms. The summed E-state index contributed by atoms with van der Waals surface area (Å²) in [6, 6.07) is 4.40. The molecule has 19 heavy (non-hydrogen) atoms. The van der Waals surface area contributed by atoms with Gasteiger partial charge in [-0.1, -0.05) is 6.07 Å². The number of hydrogen-bond donors (Lipinski definition) is 1. The third kappa shape index (κ3) is 2.83. The highest BCUT2D eigenvalue weighted by Crippen LogP contribution is 2.15. The standard InChI is InChI=1S/C13H16FN3O2/c1-2-16-7-13(19)17(8-12(16)18)6-9-3-4-11(15)10(14)5-9/h3-5H,2,6-8,15H2,1H3. The minimum Gasteiger partial charge on any atom is -0.396 e. The molecule has 1 saturated heterocycles. The summed E-state index contributed by atoms with van der Waals surface area (Å²) in [5.41, 5.74) is 6.09. The molecule has 102 valence electrons. The molecule has 0 atom stereocenters. The molecule has 0 unspecified atom stereocenters. The highest BCUT2D eigenvalue weighted by molar-refractivity contribution is 5.92. The van der Waals surface area contributed by atoms with Gasteiger partial charge < -0.3 is 15.5 Å². The second-order valence-corrected chi connectivity index (χ2v) is 4.51. The molecule has 5 nitrogen and oxygen atoms in total. The first-order chi connectivity index (χ1) is 9.01. The number of nitrogens with zero attached hydrogens (tertiary/aromatic N) is 2. The molecule has 0 aliphatic carbocycles. The number of carbonyl (C=O) groups excluding carboxylic acids is 2. The lowest BCUT2D eigenvalue weighted by Crippen LogP contribution is -2.53. The van der Waals surface area contributed by atoms with E-state index in [2.05, 4.69) is 0 Å². The first-order valence-corrected chi connectivity index (χ1v) is 6.10. The average molecular weight is 265 g/mol. The molecule has 1 aromatic carbocycles. The number of nitrogen functional groups attached to an aromatic ring is 1. The van der Waals surface area contributed by atoms with Crippen LogP contribution in [0.5, 0.6) is 0 Å². The molecule has 0 aromatic heterocycles. The fourth-order valence-corrected chi connectivity index (χ4v) is 2.02. The monoisotopic (exact) mass is 265 g/mol. The first kappa shape index (κ1) is 13.3. The van der Waals surface area contributed by atoms with Crippen LogP contribution in [-0.2, 0) is 16.1 Å². The van der Waals surface area contributed by atoms with E-state index in [0.717, 1.165) is 0 Å². The maximum atomic E-state index is 13.3. The van der Waals surface area contributed by atoms with Crippen LogP contribution < -0.4 is 5.73 Å². The van der Waals surface area contributed by atoms with Crippen molar-refractivity contribution in [1.29, 1.82) is 0 Å². The fraction of sp³-hybridized carbons (Fsp3) is 0.385. The third-order valence-corrected chi connectivity index (χ3v) is 3.18. The molecule has 1 heterocycles. The Kier molecular flexibility index (Phi) is 3.69. The Morgan fingerprint density at radius 3 is 2.47 bits per heavy atom. The van der Waals surface area contributed by atoms with Gasteiger partial charge in [-0.15, -0.1) is 0 Å². The Hall–Kier alpha value is -2.11. The Bertz CT molecular complexity index is 519. The van der Waals surface area contributed by atoms with Crippen molar-refractivity contribution in [3.63, 3.8) is 0 Å². The lowest BCUT2D eigenvalue weighted by Gasteiger charge is -2.33. The van der Waals surface area contributed by atoms with Gasteiger partial charge >= 0.3 is 0 Å². The summed E-state index contributed by atoms with van der Waals surface area (Å²) in [6.07, 6.45) is 0. The zero-order chi connectivity index (χ0) is 14.0. The van der Waals surface area contributed by atoms with Gasteiger partial charge in [0.15, 0.2) is 0 Å². The smallest absolute Gasteiger partial charge is 0.242 e. The predicted molar refractivity (Wildman–Crippen MR) is 68.5 cm³/mol. The van der Waals surface area contributed by atoms with E-state index >= 15 is 0 Å². The summed E-state index contributed by atoms with van der Waals surface area (Å²) in [5.74, 6) is -0.722. The molecule has 0 saturated carbocycles. The summed E-state index contributed by atoms with van der Waals surface area (Å²) in [6.45, 7) is 2.70. The minimum atomic E-state index is -0.511. The number of carbonyl (C=O) groups is 2. The Balaban J connectivity index is 2.08. The quantitative estimate of drug-likeness (QED) is 0.814. The van der Waals surface area contributed by atoms with Gasteiger partial charge in [0.1, 0.15) is 12.4 Å². The summed E-state index contributed by atoms with van der Waals surface area (Å²) in [5, 5.41) is 0. The number of halogens is 1. The zero-order valence-electron chi connectivity index (χ0n) is 10.7. The van der Waals surface area contributed by atoms with Crippen LogP contribution in [0.1, 0.15) is 12.5 Å². The van der Waals surface area contributed by atoms with Crippen molar-refractivity contribution in [2.24, 2.45) is 0 Å². The van der Waals surface area contributed by atoms with Crippen LogP contribution in [-0.4, -0.2) is 41.2 Å². The fourth-order valence-electron chi connectivity index (χ4n) is 2.02. The maximum Gasteiger partial charge on any atom is 0.242 e. The summed E-state index contributed by atoms with van der Waals surface area (Å²) in [7, 11) is 0. The molecule has 0 radical (unpaired) electrons. The van der Waals surface area contributed by atoms with E-state index in [1.54, 1.807) is 6.07 Å². The van der Waals surface area contributed by atoms with E-state index in [4.69, 9.17) is 5.73 Å². The molecule has 1 aliphatic heterocycles.